The number of hydrogen-bond acceptors (Lipinski definition) is 7. The number of ether oxygens (including phenoxy) is 1. The van der Waals surface area contributed by atoms with Crippen molar-refractivity contribution in [3.63, 3.8) is 0 Å². The Morgan fingerprint density at radius 1 is 1.29 bits per heavy atom. The third-order valence-corrected chi connectivity index (χ3v) is 4.80. The molecule has 2 saturated heterocycles. The Hall–Kier alpha value is -2.89. The van der Waals surface area contributed by atoms with E-state index in [1.165, 1.54) is 4.90 Å². The second kappa shape index (κ2) is 8.00. The van der Waals surface area contributed by atoms with E-state index in [1.54, 1.807) is 44.1 Å². The average molecular weight is 386 g/mol. The molecule has 9 nitrogen and oxygen atoms in total. The molecule has 2 amide bonds. The highest BCUT2D eigenvalue weighted by Gasteiger charge is 2.45. The smallest absolute Gasteiger partial charge is 0.411 e. The number of hydrogen-bond donors (Lipinski definition) is 1. The second-order valence-corrected chi connectivity index (χ2v) is 8.12. The first kappa shape index (κ1) is 19.9. The molecule has 9 heteroatoms. The summed E-state index contributed by atoms with van der Waals surface area (Å²) in [5.74, 6) is 0.244. The molecule has 1 N–H and O–H groups in total. The molecule has 2 aliphatic rings. The Labute approximate surface area is 164 Å². The van der Waals surface area contributed by atoms with E-state index < -0.39 is 23.8 Å². The van der Waals surface area contributed by atoms with Gasteiger partial charge in [0.2, 0.25) is 11.9 Å². The van der Waals surface area contributed by atoms with Gasteiger partial charge in [-0.1, -0.05) is 0 Å². The van der Waals surface area contributed by atoms with Crippen LogP contribution in [0.3, 0.4) is 0 Å². The Kier molecular flexibility index (Phi) is 5.68. The lowest BCUT2D eigenvalue weighted by Gasteiger charge is -2.30. The molecular weight excluding hydrogens is 360 g/mol. The van der Waals surface area contributed by atoms with Crippen LogP contribution < -0.4 is 5.32 Å². The van der Waals surface area contributed by atoms with E-state index in [-0.39, 0.29) is 11.9 Å². The van der Waals surface area contributed by atoms with E-state index in [9.17, 15) is 14.9 Å². The SMILES string of the molecule is CC(C)(C)OC(=O)N1C[C@@H](Nc2ncccn2)C[C@H]1C(=O)N1CCC[C@H]1C#N. The first-order valence-electron chi connectivity index (χ1n) is 9.52. The van der Waals surface area contributed by atoms with E-state index in [1.807, 2.05) is 0 Å². The molecule has 150 valence electrons. The Morgan fingerprint density at radius 2 is 2.00 bits per heavy atom. The van der Waals surface area contributed by atoms with Gasteiger partial charge >= 0.3 is 6.09 Å². The summed E-state index contributed by atoms with van der Waals surface area (Å²) < 4.78 is 5.51. The van der Waals surface area contributed by atoms with Gasteiger partial charge in [0.25, 0.3) is 0 Å². The molecule has 0 saturated carbocycles. The van der Waals surface area contributed by atoms with E-state index in [0.29, 0.717) is 31.9 Å². The highest BCUT2D eigenvalue weighted by Crippen LogP contribution is 2.27. The van der Waals surface area contributed by atoms with Gasteiger partial charge in [-0.3, -0.25) is 9.69 Å². The number of nitrogens with one attached hydrogen (secondary N) is 1. The lowest BCUT2D eigenvalue weighted by molar-refractivity contribution is -0.135. The van der Waals surface area contributed by atoms with Crippen LogP contribution in [0, 0.1) is 11.3 Å². The van der Waals surface area contributed by atoms with Crippen LogP contribution in [0.4, 0.5) is 10.7 Å². The van der Waals surface area contributed by atoms with Crippen molar-refractivity contribution in [2.75, 3.05) is 18.4 Å². The summed E-state index contributed by atoms with van der Waals surface area (Å²) in [4.78, 5) is 37.3. The third kappa shape index (κ3) is 4.50. The van der Waals surface area contributed by atoms with Crippen molar-refractivity contribution in [2.24, 2.45) is 0 Å². The minimum atomic E-state index is -0.676. The zero-order valence-corrected chi connectivity index (χ0v) is 16.5. The molecule has 1 aromatic heterocycles. The monoisotopic (exact) mass is 386 g/mol. The standard InChI is InChI=1S/C19H26N6O3/c1-19(2,3)28-18(27)25-12-13(23-17-21-7-5-8-22-17)10-15(25)16(26)24-9-4-6-14(24)11-20/h5,7-8,13-15H,4,6,9-10,12H2,1-3H3,(H,21,22,23)/t13-,14-,15-/m0/s1. The van der Waals surface area contributed by atoms with Crippen LogP contribution in [0.1, 0.15) is 40.0 Å². The summed E-state index contributed by atoms with van der Waals surface area (Å²) in [5.41, 5.74) is -0.665. The van der Waals surface area contributed by atoms with Gasteiger partial charge in [-0.25, -0.2) is 14.8 Å². The largest absolute Gasteiger partial charge is 0.444 e. The van der Waals surface area contributed by atoms with Gasteiger partial charge in [0.05, 0.1) is 6.07 Å². The van der Waals surface area contributed by atoms with Crippen LogP contribution in [0.15, 0.2) is 18.5 Å². The third-order valence-electron chi connectivity index (χ3n) is 4.80. The maximum Gasteiger partial charge on any atom is 0.411 e. The second-order valence-electron chi connectivity index (χ2n) is 8.12. The predicted molar refractivity (Wildman–Crippen MR) is 101 cm³/mol. The normalized spacial score (nSPS) is 24.7. The molecule has 0 spiro atoms. The van der Waals surface area contributed by atoms with Crippen molar-refractivity contribution in [1.29, 1.82) is 5.26 Å². The molecule has 1 aromatic rings. The fraction of sp³-hybridized carbons (Fsp3) is 0.632. The number of anilines is 1. The molecular formula is C19H26N6O3. The summed E-state index contributed by atoms with van der Waals surface area (Å²) in [6, 6.07) is 2.61. The molecule has 3 heterocycles. The van der Waals surface area contributed by atoms with Gasteiger partial charge in [-0.05, 0) is 46.1 Å². The van der Waals surface area contributed by atoms with Crippen LogP contribution in [0.2, 0.25) is 0 Å². The Bertz CT molecular complexity index is 757. The molecule has 3 rings (SSSR count). The summed E-state index contributed by atoms with van der Waals surface area (Å²) >= 11 is 0. The van der Waals surface area contributed by atoms with E-state index in [2.05, 4.69) is 21.4 Å². The minimum Gasteiger partial charge on any atom is -0.444 e. The zero-order valence-electron chi connectivity index (χ0n) is 16.5. The van der Waals surface area contributed by atoms with Gasteiger partial charge in [0.15, 0.2) is 0 Å². The van der Waals surface area contributed by atoms with E-state index in [0.717, 1.165) is 6.42 Å². The van der Waals surface area contributed by atoms with Crippen LogP contribution >= 0.6 is 0 Å². The quantitative estimate of drug-likeness (QED) is 0.843. The van der Waals surface area contributed by atoms with Gasteiger partial charge in [0.1, 0.15) is 17.7 Å². The molecule has 3 atom stereocenters. The number of aromatic nitrogens is 2. The molecule has 0 radical (unpaired) electrons. The van der Waals surface area contributed by atoms with E-state index >= 15 is 0 Å². The number of carbonyl (C=O) groups excluding carboxylic acids is 2. The number of carbonyl (C=O) groups is 2. The van der Waals surface area contributed by atoms with Crippen molar-refractivity contribution in [2.45, 2.75) is 63.8 Å². The van der Waals surface area contributed by atoms with Crippen molar-refractivity contribution in [3.8, 4) is 6.07 Å². The summed E-state index contributed by atoms with van der Waals surface area (Å²) in [5, 5.41) is 12.5. The molecule has 2 fully saturated rings. The highest BCUT2D eigenvalue weighted by molar-refractivity contribution is 5.87. The van der Waals surface area contributed by atoms with Crippen molar-refractivity contribution in [3.05, 3.63) is 18.5 Å². The summed E-state index contributed by atoms with van der Waals surface area (Å²) in [6.45, 7) is 6.21. The van der Waals surface area contributed by atoms with E-state index in [4.69, 9.17) is 4.74 Å². The predicted octanol–water partition coefficient (Wildman–Crippen LogP) is 1.78. The van der Waals surface area contributed by atoms with Gasteiger partial charge in [-0.2, -0.15) is 5.26 Å². The molecule has 2 aliphatic heterocycles. The van der Waals surface area contributed by atoms with Crippen LogP contribution in [-0.2, 0) is 9.53 Å². The lowest BCUT2D eigenvalue weighted by Crippen LogP contribution is -2.50. The van der Waals surface area contributed by atoms with Gasteiger partial charge < -0.3 is 15.0 Å². The zero-order chi connectivity index (χ0) is 20.3. The number of nitriles is 1. The Balaban J connectivity index is 1.78. The number of likely N-dealkylation sites (tertiary alicyclic amines) is 2. The number of nitrogens with zero attached hydrogens (tertiary/aromatic N) is 5. The fourth-order valence-electron chi connectivity index (χ4n) is 3.61. The molecule has 0 aromatic carbocycles. The van der Waals surface area contributed by atoms with Crippen LogP contribution in [0.5, 0.6) is 0 Å². The first-order chi connectivity index (χ1) is 13.3. The number of amides is 2. The maximum absolute atomic E-state index is 13.2. The Morgan fingerprint density at radius 3 is 2.64 bits per heavy atom. The summed E-state index contributed by atoms with van der Waals surface area (Å²) in [7, 11) is 0. The van der Waals surface area contributed by atoms with Crippen molar-refractivity contribution in [1.82, 2.24) is 19.8 Å². The van der Waals surface area contributed by atoms with Gasteiger partial charge in [-0.15, -0.1) is 0 Å². The molecule has 0 unspecified atom stereocenters. The lowest BCUT2D eigenvalue weighted by atomic mass is 10.1. The minimum absolute atomic E-state index is 0.188. The summed E-state index contributed by atoms with van der Waals surface area (Å²) in [6.07, 6.45) is 4.59. The maximum atomic E-state index is 13.2. The average Bonchev–Trinajstić information content (AvgIpc) is 3.27. The van der Waals surface area contributed by atoms with Crippen LogP contribution in [0.25, 0.3) is 0 Å². The topological polar surface area (TPSA) is 111 Å². The van der Waals surface area contributed by atoms with Crippen molar-refractivity contribution < 1.29 is 14.3 Å². The van der Waals surface area contributed by atoms with Crippen LogP contribution in [-0.4, -0.2) is 68.6 Å². The fourth-order valence-corrected chi connectivity index (χ4v) is 3.61. The molecule has 0 aliphatic carbocycles. The highest BCUT2D eigenvalue weighted by atomic mass is 16.6. The van der Waals surface area contributed by atoms with Gasteiger partial charge in [0, 0.05) is 31.5 Å². The molecule has 0 bridgehead atoms. The number of rotatable bonds is 3. The van der Waals surface area contributed by atoms with Crippen molar-refractivity contribution >= 4 is 17.9 Å². The first-order valence-corrected chi connectivity index (χ1v) is 9.52. The molecule has 28 heavy (non-hydrogen) atoms.